The third-order valence-electron chi connectivity index (χ3n) is 4.02. The maximum Gasteiger partial charge on any atom is 0.0496 e. The van der Waals surface area contributed by atoms with Crippen molar-refractivity contribution in [3.63, 3.8) is 0 Å². The molecule has 0 unspecified atom stereocenters. The summed E-state index contributed by atoms with van der Waals surface area (Å²) in [5.74, 6) is 5.29. The van der Waals surface area contributed by atoms with Crippen LogP contribution in [0.5, 0.6) is 0 Å². The van der Waals surface area contributed by atoms with Crippen molar-refractivity contribution in [3.8, 4) is 0 Å². The average Bonchev–Trinajstić information content (AvgIpc) is 2.36. The van der Waals surface area contributed by atoms with E-state index in [1.165, 1.54) is 6.42 Å². The molecular weight excluding hydrogens is 251 g/mol. The highest BCUT2D eigenvalue weighted by Crippen LogP contribution is 2.75. The second kappa shape index (κ2) is 2.13. The van der Waals surface area contributed by atoms with Crippen LogP contribution in [0.4, 0.5) is 0 Å². The van der Waals surface area contributed by atoms with Gasteiger partial charge in [0.1, 0.15) is 0 Å². The zero-order chi connectivity index (χ0) is 7.59. The lowest BCUT2D eigenvalue weighted by atomic mass is 9.99. The van der Waals surface area contributed by atoms with E-state index in [2.05, 4.69) is 22.6 Å². The van der Waals surface area contributed by atoms with Gasteiger partial charge < -0.3 is 4.74 Å². The summed E-state index contributed by atoms with van der Waals surface area (Å²) in [6.45, 7) is 1.03. The average molecular weight is 264 g/mol. The first kappa shape index (κ1) is 7.13. The molecule has 4 aliphatic rings. The lowest BCUT2D eigenvalue weighted by molar-refractivity contribution is 0.135. The molecule has 4 rings (SSSR count). The summed E-state index contributed by atoms with van der Waals surface area (Å²) in [7, 11) is 1.84. The molecule has 0 aromatic heterocycles. The van der Waals surface area contributed by atoms with Gasteiger partial charge >= 0.3 is 0 Å². The summed E-state index contributed by atoms with van der Waals surface area (Å²) in [5.41, 5.74) is 0. The first-order chi connectivity index (χ1) is 5.34. The maximum atomic E-state index is 5.26. The summed E-state index contributed by atoms with van der Waals surface area (Å²) in [4.78, 5) is 0. The van der Waals surface area contributed by atoms with E-state index in [-0.39, 0.29) is 0 Å². The van der Waals surface area contributed by atoms with E-state index in [9.17, 15) is 0 Å². The third-order valence-corrected chi connectivity index (χ3v) is 5.77. The molecule has 11 heavy (non-hydrogen) atoms. The molecular formula is C9H13IO. The second-order valence-electron chi connectivity index (χ2n) is 4.28. The van der Waals surface area contributed by atoms with Crippen LogP contribution in [-0.2, 0) is 4.74 Å². The molecule has 0 N–H and O–H groups in total. The molecule has 0 heterocycles. The molecule has 0 aromatic rings. The highest BCUT2D eigenvalue weighted by molar-refractivity contribution is 14.1. The molecule has 4 bridgehead atoms. The fourth-order valence-corrected chi connectivity index (χ4v) is 5.49. The SMILES string of the molecule is COC[C@@H]1[C@H]2C[C@@H]3[C@@H]1[C@H]3[C@@H]2I. The molecule has 1 nitrogen and oxygen atoms in total. The van der Waals surface area contributed by atoms with Gasteiger partial charge in [0, 0.05) is 17.6 Å². The molecule has 4 aliphatic carbocycles. The number of methoxy groups -OCH3 is 1. The minimum Gasteiger partial charge on any atom is -0.384 e. The Kier molecular flexibility index (Phi) is 1.38. The Hall–Kier alpha value is 0.690. The van der Waals surface area contributed by atoms with Crippen LogP contribution in [-0.4, -0.2) is 17.6 Å². The van der Waals surface area contributed by atoms with E-state index in [1.54, 1.807) is 0 Å². The fraction of sp³-hybridized carbons (Fsp3) is 1.00. The van der Waals surface area contributed by atoms with E-state index in [0.717, 1.165) is 40.1 Å². The van der Waals surface area contributed by atoms with Crippen molar-refractivity contribution in [3.05, 3.63) is 0 Å². The van der Waals surface area contributed by atoms with E-state index < -0.39 is 0 Å². The summed E-state index contributed by atoms with van der Waals surface area (Å²) < 4.78 is 6.27. The molecule has 0 aliphatic heterocycles. The Labute approximate surface area is 81.0 Å². The molecule has 0 aromatic carbocycles. The van der Waals surface area contributed by atoms with Gasteiger partial charge in [0.15, 0.2) is 0 Å². The zero-order valence-corrected chi connectivity index (χ0v) is 8.82. The number of halogens is 1. The Bertz CT molecular complexity index is 194. The number of hydrogen-bond acceptors (Lipinski definition) is 1. The largest absolute Gasteiger partial charge is 0.384 e. The molecule has 2 heteroatoms. The van der Waals surface area contributed by atoms with E-state index in [1.807, 2.05) is 7.11 Å². The van der Waals surface area contributed by atoms with Gasteiger partial charge in [0.2, 0.25) is 0 Å². The number of rotatable bonds is 2. The highest BCUT2D eigenvalue weighted by Gasteiger charge is 2.72. The van der Waals surface area contributed by atoms with Crippen molar-refractivity contribution in [1.29, 1.82) is 0 Å². The van der Waals surface area contributed by atoms with Crippen LogP contribution in [0.25, 0.3) is 0 Å². The second-order valence-corrected chi connectivity index (χ2v) is 5.72. The van der Waals surface area contributed by atoms with Crippen molar-refractivity contribution < 1.29 is 4.74 Å². The Balaban J connectivity index is 1.81. The molecule has 4 saturated carbocycles. The highest BCUT2D eigenvalue weighted by atomic mass is 127. The zero-order valence-electron chi connectivity index (χ0n) is 6.66. The topological polar surface area (TPSA) is 9.23 Å². The van der Waals surface area contributed by atoms with Crippen LogP contribution in [0.3, 0.4) is 0 Å². The smallest absolute Gasteiger partial charge is 0.0496 e. The van der Waals surface area contributed by atoms with Crippen LogP contribution in [0.2, 0.25) is 0 Å². The summed E-state index contributed by atoms with van der Waals surface area (Å²) in [5, 5.41) is 0. The van der Waals surface area contributed by atoms with Crippen LogP contribution in [0.15, 0.2) is 0 Å². The van der Waals surface area contributed by atoms with Crippen LogP contribution < -0.4 is 0 Å². The predicted molar refractivity (Wildman–Crippen MR) is 51.8 cm³/mol. The quantitative estimate of drug-likeness (QED) is 0.547. The molecule has 0 spiro atoms. The predicted octanol–water partition coefficient (Wildman–Crippen LogP) is 1.95. The minimum absolute atomic E-state index is 0.942. The third kappa shape index (κ3) is 0.711. The Morgan fingerprint density at radius 3 is 2.55 bits per heavy atom. The van der Waals surface area contributed by atoms with Crippen molar-refractivity contribution in [1.82, 2.24) is 0 Å². The monoisotopic (exact) mass is 264 g/mol. The Morgan fingerprint density at radius 2 is 2.18 bits per heavy atom. The van der Waals surface area contributed by atoms with Crippen molar-refractivity contribution in [2.24, 2.45) is 29.6 Å². The number of ether oxygens (including phenoxy) is 1. The first-order valence-electron chi connectivity index (χ1n) is 4.47. The van der Waals surface area contributed by atoms with E-state index >= 15 is 0 Å². The van der Waals surface area contributed by atoms with Crippen LogP contribution in [0.1, 0.15) is 6.42 Å². The van der Waals surface area contributed by atoms with Gasteiger partial charge in [-0.1, -0.05) is 22.6 Å². The van der Waals surface area contributed by atoms with E-state index in [0.29, 0.717) is 0 Å². The fourth-order valence-electron chi connectivity index (χ4n) is 3.65. The summed E-state index contributed by atoms with van der Waals surface area (Å²) in [6, 6.07) is 0. The molecule has 0 radical (unpaired) electrons. The maximum absolute atomic E-state index is 5.26. The van der Waals surface area contributed by atoms with Crippen molar-refractivity contribution >= 4 is 22.6 Å². The lowest BCUT2D eigenvalue weighted by Gasteiger charge is -2.15. The van der Waals surface area contributed by atoms with Crippen molar-refractivity contribution in [2.75, 3.05) is 13.7 Å². The molecule has 4 fully saturated rings. The molecule has 0 amide bonds. The molecule has 62 valence electrons. The lowest BCUT2D eigenvalue weighted by Crippen LogP contribution is -2.15. The van der Waals surface area contributed by atoms with Gasteiger partial charge in [0.25, 0.3) is 0 Å². The summed E-state index contributed by atoms with van der Waals surface area (Å²) in [6.07, 6.45) is 1.52. The van der Waals surface area contributed by atoms with Gasteiger partial charge in [0.05, 0.1) is 0 Å². The molecule has 6 atom stereocenters. The number of alkyl halides is 1. The van der Waals surface area contributed by atoms with Crippen molar-refractivity contribution in [2.45, 2.75) is 10.3 Å². The molecule has 0 saturated heterocycles. The standard InChI is InChI=1S/C9H13IO/c1-11-3-6-4-2-5-7(6)8(5)9(4)10/h4-9H,2-3H2,1H3/t4-,5-,6-,7+,8+,9-/m1/s1. The minimum atomic E-state index is 0.942. The van der Waals surface area contributed by atoms with Gasteiger partial charge in [-0.3, -0.25) is 0 Å². The number of hydrogen-bond donors (Lipinski definition) is 0. The van der Waals surface area contributed by atoms with Crippen LogP contribution >= 0.6 is 22.6 Å². The first-order valence-corrected chi connectivity index (χ1v) is 5.72. The summed E-state index contributed by atoms with van der Waals surface area (Å²) >= 11 is 2.67. The Morgan fingerprint density at radius 1 is 1.36 bits per heavy atom. The van der Waals surface area contributed by atoms with E-state index in [4.69, 9.17) is 4.74 Å². The van der Waals surface area contributed by atoms with Gasteiger partial charge in [-0.2, -0.15) is 0 Å². The van der Waals surface area contributed by atoms with Gasteiger partial charge in [-0.15, -0.1) is 0 Å². The van der Waals surface area contributed by atoms with Gasteiger partial charge in [-0.05, 0) is 36.0 Å². The van der Waals surface area contributed by atoms with Gasteiger partial charge in [-0.25, -0.2) is 0 Å². The normalized spacial score (nSPS) is 63.8. The van der Waals surface area contributed by atoms with Crippen LogP contribution in [0, 0.1) is 29.6 Å².